The van der Waals surface area contributed by atoms with E-state index in [1.54, 1.807) is 4.90 Å². The molecule has 1 N–H and O–H groups in total. The van der Waals surface area contributed by atoms with Crippen molar-refractivity contribution in [3.05, 3.63) is 29.6 Å². The van der Waals surface area contributed by atoms with E-state index in [0.717, 1.165) is 18.9 Å². The Hall–Kier alpha value is -3.03. The standard InChI is InChI=1S/C20H22F4N6O/c1-11(2)30-19(31-14-5-6-16(21)15(7-14)20(22,23)24)27-18(28-30)26-17-12-3-4-13(17)9-29(8-12)10-25/h5-7,11-13,17H,3-4,8-9H2,1-2H3,(H,26,28)/t12-,13+,17-. The maximum absolute atomic E-state index is 13.6. The van der Waals surface area contributed by atoms with Crippen LogP contribution in [-0.4, -0.2) is 38.8 Å². The highest BCUT2D eigenvalue weighted by atomic mass is 19.4. The van der Waals surface area contributed by atoms with Crippen LogP contribution in [0.25, 0.3) is 0 Å². The predicted molar refractivity (Wildman–Crippen MR) is 103 cm³/mol. The summed E-state index contributed by atoms with van der Waals surface area (Å²) < 4.78 is 59.6. The molecular formula is C20H22F4N6O. The van der Waals surface area contributed by atoms with Crippen molar-refractivity contribution in [3.63, 3.8) is 0 Å². The molecule has 11 heteroatoms. The predicted octanol–water partition coefficient (Wildman–Crippen LogP) is 4.41. The van der Waals surface area contributed by atoms with Crippen LogP contribution < -0.4 is 10.1 Å². The van der Waals surface area contributed by atoms with Gasteiger partial charge < -0.3 is 15.0 Å². The van der Waals surface area contributed by atoms with Gasteiger partial charge in [0.1, 0.15) is 11.6 Å². The van der Waals surface area contributed by atoms with Crippen molar-refractivity contribution in [2.75, 3.05) is 18.4 Å². The fraction of sp³-hybridized carbons (Fsp3) is 0.550. The molecule has 1 aliphatic heterocycles. The summed E-state index contributed by atoms with van der Waals surface area (Å²) >= 11 is 0. The molecule has 1 saturated heterocycles. The van der Waals surface area contributed by atoms with E-state index in [9.17, 15) is 22.8 Å². The number of hydrogen-bond acceptors (Lipinski definition) is 6. The van der Waals surface area contributed by atoms with Crippen LogP contribution in [0.3, 0.4) is 0 Å². The largest absolute Gasteiger partial charge is 0.424 e. The molecule has 0 radical (unpaired) electrons. The number of piperidine rings is 1. The lowest BCUT2D eigenvalue weighted by atomic mass is 9.92. The Morgan fingerprint density at radius 1 is 1.23 bits per heavy atom. The van der Waals surface area contributed by atoms with Crippen LogP contribution in [0, 0.1) is 29.1 Å². The van der Waals surface area contributed by atoms with E-state index in [-0.39, 0.29) is 23.8 Å². The van der Waals surface area contributed by atoms with Crippen molar-refractivity contribution >= 4 is 5.95 Å². The van der Waals surface area contributed by atoms with E-state index in [4.69, 9.17) is 4.74 Å². The number of nitrogens with zero attached hydrogens (tertiary/aromatic N) is 5. The third-order valence-corrected chi connectivity index (χ3v) is 5.81. The van der Waals surface area contributed by atoms with Gasteiger partial charge in [-0.25, -0.2) is 9.07 Å². The SMILES string of the molecule is CC(C)n1nc(N[C@@H]2[C@@H]3CC[C@H]2CN(C#N)C3)nc1Oc1ccc(F)c(C(F)(F)F)c1. The minimum absolute atomic E-state index is 0.0130. The Labute approximate surface area is 176 Å². The highest BCUT2D eigenvalue weighted by Crippen LogP contribution is 2.39. The van der Waals surface area contributed by atoms with Crippen LogP contribution in [0.5, 0.6) is 11.8 Å². The summed E-state index contributed by atoms with van der Waals surface area (Å²) in [7, 11) is 0. The molecule has 166 valence electrons. The molecule has 7 nitrogen and oxygen atoms in total. The molecule has 0 spiro atoms. The van der Waals surface area contributed by atoms with Gasteiger partial charge in [0.25, 0.3) is 0 Å². The zero-order valence-corrected chi connectivity index (χ0v) is 17.0. The summed E-state index contributed by atoms with van der Waals surface area (Å²) in [6.45, 7) is 5.03. The molecule has 0 unspecified atom stereocenters. The van der Waals surface area contributed by atoms with E-state index in [1.165, 1.54) is 4.68 Å². The number of ether oxygens (including phenoxy) is 1. The second-order valence-electron chi connectivity index (χ2n) is 8.27. The third-order valence-electron chi connectivity index (χ3n) is 5.81. The molecule has 31 heavy (non-hydrogen) atoms. The Morgan fingerprint density at radius 3 is 2.48 bits per heavy atom. The van der Waals surface area contributed by atoms with Crippen LogP contribution in [0.1, 0.15) is 38.3 Å². The summed E-state index contributed by atoms with van der Waals surface area (Å²) in [4.78, 5) is 6.10. The lowest BCUT2D eigenvalue weighted by Gasteiger charge is -2.35. The van der Waals surface area contributed by atoms with Crippen molar-refractivity contribution in [1.29, 1.82) is 5.26 Å². The summed E-state index contributed by atoms with van der Waals surface area (Å²) in [5, 5.41) is 16.9. The minimum atomic E-state index is -4.83. The minimum Gasteiger partial charge on any atom is -0.424 e. The molecule has 4 rings (SSSR count). The fourth-order valence-electron chi connectivity index (χ4n) is 4.36. The Balaban J connectivity index is 1.56. The highest BCUT2D eigenvalue weighted by Gasteiger charge is 2.42. The number of alkyl halides is 3. The average molecular weight is 438 g/mol. The number of anilines is 1. The maximum atomic E-state index is 13.6. The van der Waals surface area contributed by atoms with Crippen LogP contribution in [0.4, 0.5) is 23.5 Å². The quantitative estimate of drug-likeness (QED) is 0.550. The number of fused-ring (bicyclic) bond motifs is 2. The van der Waals surface area contributed by atoms with Gasteiger partial charge in [-0.3, -0.25) is 0 Å². The van der Waals surface area contributed by atoms with E-state index in [1.807, 2.05) is 13.8 Å². The second kappa shape index (κ2) is 7.90. The Kier molecular flexibility index (Phi) is 5.41. The van der Waals surface area contributed by atoms with Gasteiger partial charge in [-0.15, -0.1) is 5.10 Å². The van der Waals surface area contributed by atoms with Gasteiger partial charge in [-0.05, 0) is 56.7 Å². The van der Waals surface area contributed by atoms with Crippen molar-refractivity contribution < 1.29 is 22.3 Å². The van der Waals surface area contributed by atoms with Gasteiger partial charge in [0.15, 0.2) is 6.19 Å². The lowest BCUT2D eigenvalue weighted by molar-refractivity contribution is -0.140. The molecule has 2 bridgehead atoms. The number of hydrogen-bond donors (Lipinski definition) is 1. The van der Waals surface area contributed by atoms with Crippen molar-refractivity contribution in [2.24, 2.45) is 11.8 Å². The van der Waals surface area contributed by atoms with Crippen molar-refractivity contribution in [1.82, 2.24) is 19.7 Å². The molecule has 1 aromatic carbocycles. The summed E-state index contributed by atoms with van der Waals surface area (Å²) in [5.74, 6) is -0.654. The molecule has 1 saturated carbocycles. The average Bonchev–Trinajstić information content (AvgIpc) is 3.19. The number of nitriles is 1. The number of benzene rings is 1. The molecule has 3 atom stereocenters. The van der Waals surface area contributed by atoms with E-state index >= 15 is 0 Å². The van der Waals surface area contributed by atoms with Gasteiger partial charge in [0, 0.05) is 19.1 Å². The number of aromatic nitrogens is 3. The third kappa shape index (κ3) is 4.24. The van der Waals surface area contributed by atoms with Crippen LogP contribution in [0.15, 0.2) is 18.2 Å². The first kappa shape index (κ1) is 21.2. The van der Waals surface area contributed by atoms with Gasteiger partial charge in [0.05, 0.1) is 11.6 Å². The molecule has 2 aromatic rings. The van der Waals surface area contributed by atoms with Gasteiger partial charge >= 0.3 is 12.2 Å². The molecule has 2 aliphatic rings. The topological polar surface area (TPSA) is 79.0 Å². The Morgan fingerprint density at radius 2 is 1.90 bits per heavy atom. The second-order valence-corrected chi connectivity index (χ2v) is 8.27. The monoisotopic (exact) mass is 438 g/mol. The number of rotatable bonds is 5. The van der Waals surface area contributed by atoms with Gasteiger partial charge in [-0.2, -0.15) is 23.4 Å². The zero-order chi connectivity index (χ0) is 22.3. The molecular weight excluding hydrogens is 416 g/mol. The molecule has 1 aromatic heterocycles. The number of nitrogens with one attached hydrogen (secondary N) is 1. The fourth-order valence-corrected chi connectivity index (χ4v) is 4.36. The Bertz CT molecular complexity index is 985. The normalized spacial score (nSPS) is 23.2. The summed E-state index contributed by atoms with van der Waals surface area (Å²) in [5.41, 5.74) is -1.40. The summed E-state index contributed by atoms with van der Waals surface area (Å²) in [6.07, 6.45) is -0.618. The number of halogens is 4. The van der Waals surface area contributed by atoms with Crippen molar-refractivity contribution in [3.8, 4) is 18.0 Å². The molecule has 2 heterocycles. The first-order valence-corrected chi connectivity index (χ1v) is 10.1. The smallest absolute Gasteiger partial charge is 0.419 e. The molecule has 2 fully saturated rings. The van der Waals surface area contributed by atoms with E-state index in [0.29, 0.717) is 43.0 Å². The van der Waals surface area contributed by atoms with Crippen molar-refractivity contribution in [2.45, 2.75) is 44.9 Å². The first-order valence-electron chi connectivity index (χ1n) is 10.1. The summed E-state index contributed by atoms with van der Waals surface area (Å²) in [6, 6.07) is 2.41. The van der Waals surface area contributed by atoms with Crippen LogP contribution >= 0.6 is 0 Å². The number of likely N-dealkylation sites (tertiary alicyclic amines) is 1. The molecule has 0 amide bonds. The van der Waals surface area contributed by atoms with Crippen LogP contribution in [-0.2, 0) is 6.18 Å². The van der Waals surface area contributed by atoms with E-state index < -0.39 is 17.6 Å². The van der Waals surface area contributed by atoms with Gasteiger partial charge in [0.2, 0.25) is 5.95 Å². The first-order chi connectivity index (χ1) is 14.7. The highest BCUT2D eigenvalue weighted by molar-refractivity contribution is 5.35. The van der Waals surface area contributed by atoms with Gasteiger partial charge in [-0.1, -0.05) is 0 Å². The van der Waals surface area contributed by atoms with E-state index in [2.05, 4.69) is 21.6 Å². The lowest BCUT2D eigenvalue weighted by Crippen LogP contribution is -2.46. The van der Waals surface area contributed by atoms with Crippen LogP contribution in [0.2, 0.25) is 0 Å². The maximum Gasteiger partial charge on any atom is 0.419 e. The zero-order valence-electron chi connectivity index (χ0n) is 17.0. The molecule has 1 aliphatic carbocycles.